The summed E-state index contributed by atoms with van der Waals surface area (Å²) in [5.74, 6) is 0.482. The number of alkyl halides is 3. The maximum atomic E-state index is 12.6. The largest absolute Gasteiger partial charge is 0.466 e. The molecule has 0 aliphatic carbocycles. The fraction of sp³-hybridized carbons (Fsp3) is 0.706. The van der Waals surface area contributed by atoms with Crippen LogP contribution in [0.4, 0.5) is 13.2 Å². The van der Waals surface area contributed by atoms with E-state index in [9.17, 15) is 18.0 Å². The van der Waals surface area contributed by atoms with Gasteiger partial charge in [0.05, 0.1) is 17.5 Å². The van der Waals surface area contributed by atoms with Crippen molar-refractivity contribution in [2.45, 2.75) is 39.3 Å². The molecule has 1 aliphatic rings. The molecule has 2 heterocycles. The molecule has 1 N–H and O–H groups in total. The number of piperidine rings is 1. The summed E-state index contributed by atoms with van der Waals surface area (Å²) in [5.41, 5.74) is -0.848. The van der Waals surface area contributed by atoms with Crippen LogP contribution in [0.15, 0.2) is 10.4 Å². The molecule has 1 aromatic rings. The van der Waals surface area contributed by atoms with Crippen LogP contribution in [0.1, 0.15) is 37.4 Å². The van der Waals surface area contributed by atoms with Crippen molar-refractivity contribution in [1.82, 2.24) is 15.2 Å². The van der Waals surface area contributed by atoms with E-state index in [0.717, 1.165) is 16.7 Å². The number of halogens is 4. The molecular weight excluding hydrogens is 508 g/mol. The highest BCUT2D eigenvalue weighted by Crippen LogP contribution is 2.30. The van der Waals surface area contributed by atoms with Gasteiger partial charge in [0.25, 0.3) is 0 Å². The third-order valence-electron chi connectivity index (χ3n) is 4.18. The number of ether oxygens (including phenoxy) is 1. The van der Waals surface area contributed by atoms with Gasteiger partial charge in [0.1, 0.15) is 0 Å². The van der Waals surface area contributed by atoms with Crippen LogP contribution in [0, 0.1) is 5.92 Å². The molecule has 0 amide bonds. The van der Waals surface area contributed by atoms with Crippen LogP contribution < -0.4 is 5.32 Å². The Kier molecular flexibility index (Phi) is 10.5. The monoisotopic (exact) mass is 534 g/mol. The predicted octanol–water partition coefficient (Wildman–Crippen LogP) is 3.56. The van der Waals surface area contributed by atoms with Crippen molar-refractivity contribution in [2.75, 3.05) is 32.8 Å². The number of nitrogens with one attached hydrogen (secondary N) is 1. The van der Waals surface area contributed by atoms with E-state index in [1.165, 1.54) is 0 Å². The number of aliphatic imine (C=N–C) groups is 1. The third-order valence-corrected chi connectivity index (χ3v) is 5.09. The maximum absolute atomic E-state index is 12.6. The van der Waals surface area contributed by atoms with Gasteiger partial charge in [-0.15, -0.1) is 35.3 Å². The summed E-state index contributed by atoms with van der Waals surface area (Å²) in [7, 11) is 0. The smallest absolute Gasteiger partial charge is 0.434 e. The van der Waals surface area contributed by atoms with Crippen LogP contribution in [0.3, 0.4) is 0 Å². The number of esters is 1. The first-order valence-electron chi connectivity index (χ1n) is 9.06. The predicted molar refractivity (Wildman–Crippen MR) is 113 cm³/mol. The van der Waals surface area contributed by atoms with E-state index in [1.807, 2.05) is 6.92 Å². The standard InChI is InChI=1S/C17H25F3N4O2S.HI/c1-3-21-16(24-9-6-12(7-10-24)15(25)26-4-2)22-8-5-14-23-13(11-27-14)17(18,19)20;/h11-12H,3-10H2,1-2H3,(H,21,22);1H. The van der Waals surface area contributed by atoms with Gasteiger partial charge in [0, 0.05) is 38.0 Å². The van der Waals surface area contributed by atoms with Crippen molar-refractivity contribution in [3.8, 4) is 0 Å². The molecule has 0 spiro atoms. The van der Waals surface area contributed by atoms with Gasteiger partial charge in [-0.3, -0.25) is 9.79 Å². The maximum Gasteiger partial charge on any atom is 0.434 e. The highest BCUT2D eigenvalue weighted by Gasteiger charge is 2.33. The zero-order chi connectivity index (χ0) is 19.9. The minimum Gasteiger partial charge on any atom is -0.466 e. The van der Waals surface area contributed by atoms with Crippen LogP contribution >= 0.6 is 35.3 Å². The quantitative estimate of drug-likeness (QED) is 0.262. The van der Waals surface area contributed by atoms with Gasteiger partial charge >= 0.3 is 12.1 Å². The molecule has 0 saturated carbocycles. The number of likely N-dealkylation sites (tertiary alicyclic amines) is 1. The van der Waals surface area contributed by atoms with Gasteiger partial charge in [0.15, 0.2) is 11.7 Å². The number of hydrogen-bond acceptors (Lipinski definition) is 5. The number of thiazole rings is 1. The summed E-state index contributed by atoms with van der Waals surface area (Å²) < 4.78 is 42.9. The van der Waals surface area contributed by atoms with Gasteiger partial charge in [0.2, 0.25) is 0 Å². The van der Waals surface area contributed by atoms with Crippen molar-refractivity contribution in [2.24, 2.45) is 10.9 Å². The van der Waals surface area contributed by atoms with Crippen LogP contribution in [-0.4, -0.2) is 54.6 Å². The van der Waals surface area contributed by atoms with Crippen molar-refractivity contribution < 1.29 is 22.7 Å². The van der Waals surface area contributed by atoms with E-state index in [0.29, 0.717) is 63.0 Å². The van der Waals surface area contributed by atoms with Gasteiger partial charge in [-0.1, -0.05) is 0 Å². The number of nitrogens with zero attached hydrogens (tertiary/aromatic N) is 3. The normalized spacial score (nSPS) is 15.9. The highest BCUT2D eigenvalue weighted by atomic mass is 127. The minimum absolute atomic E-state index is 0. The molecule has 6 nitrogen and oxygen atoms in total. The molecular formula is C17H26F3IN4O2S. The first-order valence-corrected chi connectivity index (χ1v) is 9.94. The Morgan fingerprint density at radius 1 is 1.39 bits per heavy atom. The second-order valence-electron chi connectivity index (χ2n) is 6.12. The third kappa shape index (κ3) is 7.37. The van der Waals surface area contributed by atoms with Crippen molar-refractivity contribution >= 4 is 47.2 Å². The molecule has 0 radical (unpaired) electrons. The number of hydrogen-bond donors (Lipinski definition) is 1. The fourth-order valence-corrected chi connectivity index (χ4v) is 3.62. The van der Waals surface area contributed by atoms with Gasteiger partial charge in [-0.2, -0.15) is 13.2 Å². The molecule has 1 fully saturated rings. The van der Waals surface area contributed by atoms with Crippen LogP contribution in [0.5, 0.6) is 0 Å². The lowest BCUT2D eigenvalue weighted by Crippen LogP contribution is -2.46. The average Bonchev–Trinajstić information content (AvgIpc) is 3.11. The molecule has 0 atom stereocenters. The summed E-state index contributed by atoms with van der Waals surface area (Å²) in [4.78, 5) is 22.0. The van der Waals surface area contributed by atoms with Gasteiger partial charge < -0.3 is 15.0 Å². The van der Waals surface area contributed by atoms with E-state index in [1.54, 1.807) is 6.92 Å². The molecule has 0 bridgehead atoms. The Morgan fingerprint density at radius 2 is 2.07 bits per heavy atom. The lowest BCUT2D eigenvalue weighted by Gasteiger charge is -2.33. The summed E-state index contributed by atoms with van der Waals surface area (Å²) in [6, 6.07) is 0. The molecule has 1 saturated heterocycles. The van der Waals surface area contributed by atoms with E-state index in [2.05, 4.69) is 20.2 Å². The Labute approximate surface area is 184 Å². The number of aromatic nitrogens is 1. The first kappa shape index (κ1) is 24.9. The molecule has 0 unspecified atom stereocenters. The SMILES string of the molecule is CCNC(=NCCc1nc(C(F)(F)F)cs1)N1CCC(C(=O)OCC)CC1.I. The molecule has 1 aliphatic heterocycles. The molecule has 1 aromatic heterocycles. The Balaban J connectivity index is 0.00000392. The molecule has 160 valence electrons. The second kappa shape index (κ2) is 11.8. The van der Waals surface area contributed by atoms with Crippen molar-refractivity contribution in [3.63, 3.8) is 0 Å². The van der Waals surface area contributed by atoms with Gasteiger partial charge in [-0.05, 0) is 26.7 Å². The topological polar surface area (TPSA) is 66.8 Å². The van der Waals surface area contributed by atoms with E-state index in [4.69, 9.17) is 4.74 Å². The zero-order valence-electron chi connectivity index (χ0n) is 15.9. The summed E-state index contributed by atoms with van der Waals surface area (Å²) >= 11 is 0.999. The number of carbonyl (C=O) groups excluding carboxylic acids is 1. The summed E-state index contributed by atoms with van der Waals surface area (Å²) in [6.45, 7) is 6.54. The minimum atomic E-state index is -4.41. The number of carbonyl (C=O) groups is 1. The average molecular weight is 534 g/mol. The van der Waals surface area contributed by atoms with Crippen LogP contribution in [-0.2, 0) is 22.1 Å². The Bertz CT molecular complexity index is 647. The van der Waals surface area contributed by atoms with Crippen LogP contribution in [0.2, 0.25) is 0 Å². The van der Waals surface area contributed by atoms with E-state index >= 15 is 0 Å². The van der Waals surface area contributed by atoms with E-state index in [-0.39, 0.29) is 35.9 Å². The zero-order valence-corrected chi connectivity index (χ0v) is 19.1. The van der Waals surface area contributed by atoms with Crippen LogP contribution in [0.25, 0.3) is 0 Å². The second-order valence-corrected chi connectivity index (χ2v) is 7.07. The number of guanidine groups is 1. The summed E-state index contributed by atoms with van der Waals surface area (Å²) in [6.07, 6.45) is -2.65. The summed E-state index contributed by atoms with van der Waals surface area (Å²) in [5, 5.41) is 4.65. The molecule has 2 rings (SSSR count). The van der Waals surface area contributed by atoms with Crippen molar-refractivity contribution in [1.29, 1.82) is 0 Å². The Hall–Kier alpha value is -1.11. The number of rotatable bonds is 6. The molecule has 11 heteroatoms. The first-order chi connectivity index (χ1) is 12.8. The van der Waals surface area contributed by atoms with E-state index < -0.39 is 11.9 Å². The Morgan fingerprint density at radius 3 is 2.61 bits per heavy atom. The molecule has 28 heavy (non-hydrogen) atoms. The molecule has 0 aromatic carbocycles. The lowest BCUT2D eigenvalue weighted by atomic mass is 9.97. The lowest BCUT2D eigenvalue weighted by molar-refractivity contribution is -0.149. The van der Waals surface area contributed by atoms with Gasteiger partial charge in [-0.25, -0.2) is 4.98 Å². The highest BCUT2D eigenvalue weighted by molar-refractivity contribution is 14.0. The van der Waals surface area contributed by atoms with Crippen molar-refractivity contribution in [3.05, 3.63) is 16.1 Å². The fourth-order valence-electron chi connectivity index (χ4n) is 2.83.